The molecule has 1 aromatic heterocycles. The van der Waals surface area contributed by atoms with Crippen molar-refractivity contribution in [3.8, 4) is 0 Å². The fourth-order valence-electron chi connectivity index (χ4n) is 1.29. The molecule has 0 amide bonds. The Bertz CT molecular complexity index is 588. The van der Waals surface area contributed by atoms with Crippen LogP contribution in [0.15, 0.2) is 34.5 Å². The van der Waals surface area contributed by atoms with Gasteiger partial charge in [-0.3, -0.25) is 4.79 Å². The standard InChI is InChI=1S/C9H8N4O2/c10-8(13-15)5-1-2-7-6(3-5)9(14)12-4-11-7/h1-4,15H,(H2,10,13)(H,11,12,14). The second-order valence-corrected chi connectivity index (χ2v) is 2.95. The van der Waals surface area contributed by atoms with Gasteiger partial charge in [0.15, 0.2) is 5.84 Å². The molecule has 4 N–H and O–H groups in total. The smallest absolute Gasteiger partial charge is 0.258 e. The van der Waals surface area contributed by atoms with Crippen LogP contribution in [-0.4, -0.2) is 21.0 Å². The summed E-state index contributed by atoms with van der Waals surface area (Å²) in [5, 5.41) is 11.8. The first-order valence-corrected chi connectivity index (χ1v) is 4.17. The van der Waals surface area contributed by atoms with Crippen molar-refractivity contribution < 1.29 is 5.21 Å². The summed E-state index contributed by atoms with van der Waals surface area (Å²) < 4.78 is 0. The molecule has 0 atom stereocenters. The number of nitrogens with zero attached hydrogens (tertiary/aromatic N) is 2. The molecule has 76 valence electrons. The van der Waals surface area contributed by atoms with Crippen LogP contribution in [0.5, 0.6) is 0 Å². The fraction of sp³-hybridized carbons (Fsp3) is 0. The molecule has 0 fully saturated rings. The van der Waals surface area contributed by atoms with Crippen LogP contribution >= 0.6 is 0 Å². The van der Waals surface area contributed by atoms with Crippen LogP contribution < -0.4 is 11.3 Å². The minimum absolute atomic E-state index is 0.0415. The molecule has 0 radical (unpaired) electrons. The van der Waals surface area contributed by atoms with E-state index >= 15 is 0 Å². The molecule has 6 nitrogen and oxygen atoms in total. The minimum atomic E-state index is -0.257. The van der Waals surface area contributed by atoms with Gasteiger partial charge in [-0.25, -0.2) is 4.98 Å². The Morgan fingerprint density at radius 1 is 1.53 bits per heavy atom. The quantitative estimate of drug-likeness (QED) is 0.263. The summed E-state index contributed by atoms with van der Waals surface area (Å²) in [5.74, 6) is -0.0415. The van der Waals surface area contributed by atoms with Crippen molar-refractivity contribution in [3.63, 3.8) is 0 Å². The van der Waals surface area contributed by atoms with E-state index < -0.39 is 0 Å². The number of oxime groups is 1. The van der Waals surface area contributed by atoms with Crippen LogP contribution in [0.1, 0.15) is 5.56 Å². The Morgan fingerprint density at radius 3 is 3.07 bits per heavy atom. The van der Waals surface area contributed by atoms with Crippen LogP contribution in [0.4, 0.5) is 0 Å². The Balaban J connectivity index is 2.76. The van der Waals surface area contributed by atoms with Crippen LogP contribution in [0.25, 0.3) is 10.9 Å². The number of H-pyrrole nitrogens is 1. The van der Waals surface area contributed by atoms with Crippen molar-refractivity contribution in [2.45, 2.75) is 0 Å². The number of aromatic nitrogens is 2. The molecule has 0 saturated carbocycles. The van der Waals surface area contributed by atoms with Crippen molar-refractivity contribution in [1.29, 1.82) is 0 Å². The number of benzene rings is 1. The average molecular weight is 204 g/mol. The number of fused-ring (bicyclic) bond motifs is 1. The predicted molar refractivity (Wildman–Crippen MR) is 54.9 cm³/mol. The molecule has 0 bridgehead atoms. The molecule has 1 heterocycles. The van der Waals surface area contributed by atoms with E-state index in [-0.39, 0.29) is 11.4 Å². The maximum Gasteiger partial charge on any atom is 0.258 e. The first-order chi connectivity index (χ1) is 7.22. The van der Waals surface area contributed by atoms with Crippen LogP contribution in [0.3, 0.4) is 0 Å². The van der Waals surface area contributed by atoms with E-state index in [2.05, 4.69) is 15.1 Å². The monoisotopic (exact) mass is 204 g/mol. The Kier molecular flexibility index (Phi) is 2.09. The highest BCUT2D eigenvalue weighted by Gasteiger charge is 2.03. The minimum Gasteiger partial charge on any atom is -0.409 e. The fourth-order valence-corrected chi connectivity index (χ4v) is 1.29. The van der Waals surface area contributed by atoms with Gasteiger partial charge in [0, 0.05) is 5.56 Å². The zero-order chi connectivity index (χ0) is 10.8. The van der Waals surface area contributed by atoms with Gasteiger partial charge < -0.3 is 15.9 Å². The number of aromatic amines is 1. The summed E-state index contributed by atoms with van der Waals surface area (Å²) in [6.07, 6.45) is 1.33. The highest BCUT2D eigenvalue weighted by Crippen LogP contribution is 2.08. The lowest BCUT2D eigenvalue weighted by molar-refractivity contribution is 0.318. The summed E-state index contributed by atoms with van der Waals surface area (Å²) in [6.45, 7) is 0. The molecule has 15 heavy (non-hydrogen) atoms. The van der Waals surface area contributed by atoms with E-state index in [1.807, 2.05) is 0 Å². The van der Waals surface area contributed by atoms with Gasteiger partial charge in [-0.05, 0) is 18.2 Å². The average Bonchev–Trinajstić information content (AvgIpc) is 2.28. The molecule has 1 aromatic carbocycles. The summed E-state index contributed by atoms with van der Waals surface area (Å²) in [4.78, 5) is 17.8. The van der Waals surface area contributed by atoms with Gasteiger partial charge in [0.2, 0.25) is 0 Å². The van der Waals surface area contributed by atoms with Crippen molar-refractivity contribution in [2.24, 2.45) is 10.9 Å². The number of hydrogen-bond acceptors (Lipinski definition) is 4. The molecular formula is C9H8N4O2. The van der Waals surface area contributed by atoms with E-state index in [9.17, 15) is 4.79 Å². The molecule has 0 spiro atoms. The van der Waals surface area contributed by atoms with Gasteiger partial charge in [-0.1, -0.05) is 5.16 Å². The maximum atomic E-state index is 11.4. The SMILES string of the molecule is NC(=NO)c1ccc2nc[nH]c(=O)c2c1. The van der Waals surface area contributed by atoms with Crippen LogP contribution in [0.2, 0.25) is 0 Å². The third-order valence-corrected chi connectivity index (χ3v) is 2.04. The normalized spacial score (nSPS) is 11.9. The van der Waals surface area contributed by atoms with E-state index in [1.54, 1.807) is 12.1 Å². The summed E-state index contributed by atoms with van der Waals surface area (Å²) in [7, 11) is 0. The first kappa shape index (κ1) is 9.20. The summed E-state index contributed by atoms with van der Waals surface area (Å²) >= 11 is 0. The van der Waals surface area contributed by atoms with Gasteiger partial charge in [0.05, 0.1) is 17.2 Å². The van der Waals surface area contributed by atoms with Gasteiger partial charge in [-0.15, -0.1) is 0 Å². The number of rotatable bonds is 1. The van der Waals surface area contributed by atoms with Gasteiger partial charge in [0.1, 0.15) is 0 Å². The van der Waals surface area contributed by atoms with Crippen molar-refractivity contribution in [2.75, 3.05) is 0 Å². The van der Waals surface area contributed by atoms with Crippen molar-refractivity contribution >= 4 is 16.7 Å². The van der Waals surface area contributed by atoms with Gasteiger partial charge in [-0.2, -0.15) is 0 Å². The van der Waals surface area contributed by atoms with Gasteiger partial charge >= 0.3 is 0 Å². The topological polar surface area (TPSA) is 104 Å². The predicted octanol–water partition coefficient (Wildman–Crippen LogP) is 0.0176. The highest BCUT2D eigenvalue weighted by atomic mass is 16.4. The van der Waals surface area contributed by atoms with Crippen LogP contribution in [0, 0.1) is 0 Å². The van der Waals surface area contributed by atoms with Gasteiger partial charge in [0.25, 0.3) is 5.56 Å². The second-order valence-electron chi connectivity index (χ2n) is 2.95. The molecule has 0 unspecified atom stereocenters. The third-order valence-electron chi connectivity index (χ3n) is 2.04. The second kappa shape index (κ2) is 3.41. The Labute approximate surface area is 84.1 Å². The van der Waals surface area contributed by atoms with E-state index in [0.29, 0.717) is 16.5 Å². The van der Waals surface area contributed by atoms with E-state index in [4.69, 9.17) is 10.9 Å². The molecule has 0 saturated heterocycles. The third kappa shape index (κ3) is 1.52. The van der Waals surface area contributed by atoms with Crippen molar-refractivity contribution in [3.05, 3.63) is 40.4 Å². The molecule has 2 rings (SSSR count). The van der Waals surface area contributed by atoms with Crippen LogP contribution in [-0.2, 0) is 0 Å². The maximum absolute atomic E-state index is 11.4. The van der Waals surface area contributed by atoms with E-state index in [1.165, 1.54) is 12.4 Å². The zero-order valence-electron chi connectivity index (χ0n) is 7.64. The Morgan fingerprint density at radius 2 is 2.33 bits per heavy atom. The molecule has 2 aromatic rings. The lowest BCUT2D eigenvalue weighted by atomic mass is 10.1. The number of hydrogen-bond donors (Lipinski definition) is 3. The lowest BCUT2D eigenvalue weighted by Gasteiger charge is -1.99. The Hall–Kier alpha value is -2.37. The van der Waals surface area contributed by atoms with Crippen molar-refractivity contribution in [1.82, 2.24) is 9.97 Å². The molecule has 6 heteroatoms. The molecule has 0 aliphatic heterocycles. The molecular weight excluding hydrogens is 196 g/mol. The van der Waals surface area contributed by atoms with E-state index in [0.717, 1.165) is 0 Å². The number of nitrogens with two attached hydrogens (primary N) is 1. The molecule has 0 aliphatic carbocycles. The summed E-state index contributed by atoms with van der Waals surface area (Å²) in [5.41, 5.74) is 6.18. The first-order valence-electron chi connectivity index (χ1n) is 4.17. The largest absolute Gasteiger partial charge is 0.409 e. The highest BCUT2D eigenvalue weighted by molar-refractivity contribution is 5.99. The number of nitrogens with one attached hydrogen (secondary N) is 1. The number of amidine groups is 1. The lowest BCUT2D eigenvalue weighted by Crippen LogP contribution is -2.14. The zero-order valence-corrected chi connectivity index (χ0v) is 7.64. The molecule has 0 aliphatic rings. The summed E-state index contributed by atoms with van der Waals surface area (Å²) in [6, 6.07) is 4.79.